The molecule has 1 aliphatic heterocycles. The Morgan fingerprint density at radius 3 is 3.00 bits per heavy atom. The predicted molar refractivity (Wildman–Crippen MR) is 40.4 cm³/mol. The van der Waals surface area contributed by atoms with Crippen molar-refractivity contribution in [2.24, 2.45) is 10.3 Å². The maximum absolute atomic E-state index is 11.1. The Kier molecular flexibility index (Phi) is 2.81. The molecule has 68 valence electrons. The number of carbonyl (C=O) groups is 1. The minimum Gasteiger partial charge on any atom is -0.462 e. The molecule has 0 amide bonds. The van der Waals surface area contributed by atoms with Gasteiger partial charge in [-0.25, -0.2) is 10.3 Å². The second-order valence-electron chi connectivity index (χ2n) is 1.99. The molecule has 0 spiro atoms. The average Bonchev–Trinajstić information content (AvgIpc) is 2.59. The summed E-state index contributed by atoms with van der Waals surface area (Å²) in [6.07, 6.45) is 0. The van der Waals surface area contributed by atoms with Crippen LogP contribution in [0.3, 0.4) is 0 Å². The monoisotopic (exact) mass is 181 g/mol. The van der Waals surface area contributed by atoms with Crippen LogP contribution in [-0.2, 0) is 9.53 Å². The van der Waals surface area contributed by atoms with E-state index in [0.717, 1.165) is 0 Å². The van der Waals surface area contributed by atoms with Crippen LogP contribution in [0, 0.1) is 11.3 Å². The molecule has 0 aliphatic carbocycles. The van der Waals surface area contributed by atoms with E-state index in [4.69, 9.17) is 5.26 Å². The van der Waals surface area contributed by atoms with E-state index >= 15 is 0 Å². The van der Waals surface area contributed by atoms with E-state index in [0.29, 0.717) is 0 Å². The second-order valence-corrected chi connectivity index (χ2v) is 1.99. The van der Waals surface area contributed by atoms with Crippen molar-refractivity contribution in [1.29, 1.82) is 5.26 Å². The number of ether oxygens (including phenoxy) is 1. The first-order valence-electron chi connectivity index (χ1n) is 3.52. The maximum Gasteiger partial charge on any atom is 0.352 e. The molecule has 13 heavy (non-hydrogen) atoms. The van der Waals surface area contributed by atoms with Crippen molar-refractivity contribution < 1.29 is 9.53 Å². The number of hydrogen-bond acceptors (Lipinski definition) is 7. The van der Waals surface area contributed by atoms with Crippen molar-refractivity contribution in [3.63, 3.8) is 0 Å². The summed E-state index contributed by atoms with van der Waals surface area (Å²) in [5.74, 6) is -0.642. The van der Waals surface area contributed by atoms with E-state index in [9.17, 15) is 4.79 Å². The smallest absolute Gasteiger partial charge is 0.352 e. The Morgan fingerprint density at radius 2 is 2.54 bits per heavy atom. The van der Waals surface area contributed by atoms with Gasteiger partial charge in [0.05, 0.1) is 6.61 Å². The maximum atomic E-state index is 11.1. The summed E-state index contributed by atoms with van der Waals surface area (Å²) in [5, 5.41) is 15.4. The van der Waals surface area contributed by atoms with Crippen molar-refractivity contribution in [3.8, 4) is 6.07 Å². The van der Waals surface area contributed by atoms with E-state index in [1.165, 1.54) is 0 Å². The van der Waals surface area contributed by atoms with Crippen LogP contribution in [0.15, 0.2) is 21.7 Å². The third-order valence-corrected chi connectivity index (χ3v) is 1.20. The van der Waals surface area contributed by atoms with Crippen LogP contribution in [0.25, 0.3) is 0 Å². The first kappa shape index (κ1) is 8.99. The Balaban J connectivity index is 2.84. The van der Waals surface area contributed by atoms with Gasteiger partial charge in [0.1, 0.15) is 6.07 Å². The fourth-order valence-corrected chi connectivity index (χ4v) is 0.689. The number of rotatable bonds is 2. The van der Waals surface area contributed by atoms with Crippen molar-refractivity contribution >= 4 is 5.97 Å². The van der Waals surface area contributed by atoms with Gasteiger partial charge in [-0.1, -0.05) is 5.22 Å². The molecule has 7 nitrogen and oxygen atoms in total. The van der Waals surface area contributed by atoms with Crippen LogP contribution in [-0.4, -0.2) is 12.6 Å². The molecule has 7 heteroatoms. The second kappa shape index (κ2) is 4.06. The topological polar surface area (TPSA) is 98.9 Å². The quantitative estimate of drug-likeness (QED) is 0.348. The SMILES string of the molecule is CCOC(=O)/C(C#N)=C1\N=NNN1. The molecule has 0 saturated carbocycles. The van der Waals surface area contributed by atoms with Crippen molar-refractivity contribution in [2.45, 2.75) is 6.92 Å². The van der Waals surface area contributed by atoms with E-state index in [1.54, 1.807) is 13.0 Å². The summed E-state index contributed by atoms with van der Waals surface area (Å²) in [6.45, 7) is 1.86. The lowest BCUT2D eigenvalue weighted by Gasteiger charge is -2.00. The number of nitrogens with one attached hydrogen (secondary N) is 2. The Labute approximate surface area is 74.0 Å². The molecule has 0 unspecified atom stereocenters. The molecule has 1 heterocycles. The normalized spacial score (nSPS) is 16.9. The van der Waals surface area contributed by atoms with Gasteiger partial charge < -0.3 is 4.74 Å². The molecule has 2 N–H and O–H groups in total. The number of nitrogens with zero attached hydrogens (tertiary/aromatic N) is 3. The molecule has 1 aliphatic rings. The van der Waals surface area contributed by atoms with Gasteiger partial charge in [0.25, 0.3) is 0 Å². The molecular formula is C6H7N5O2. The summed E-state index contributed by atoms with van der Waals surface area (Å²) >= 11 is 0. The van der Waals surface area contributed by atoms with Crippen molar-refractivity contribution in [1.82, 2.24) is 11.0 Å². The zero-order valence-electron chi connectivity index (χ0n) is 6.87. The highest BCUT2D eigenvalue weighted by Gasteiger charge is 2.18. The van der Waals surface area contributed by atoms with E-state index in [1.807, 2.05) is 0 Å². The first-order valence-corrected chi connectivity index (χ1v) is 3.52. The van der Waals surface area contributed by atoms with Gasteiger partial charge in [0.15, 0.2) is 11.4 Å². The zero-order valence-corrected chi connectivity index (χ0v) is 6.87. The van der Waals surface area contributed by atoms with Crippen LogP contribution in [0.2, 0.25) is 0 Å². The molecule has 0 aromatic carbocycles. The molecule has 0 aromatic heterocycles. The van der Waals surface area contributed by atoms with Crippen molar-refractivity contribution in [2.75, 3.05) is 6.61 Å². The molecule has 0 aromatic rings. The minimum absolute atomic E-state index is 0.0703. The first-order chi connectivity index (χ1) is 6.29. The minimum atomic E-state index is -0.713. The van der Waals surface area contributed by atoms with E-state index < -0.39 is 5.97 Å². The van der Waals surface area contributed by atoms with Gasteiger partial charge in [-0.2, -0.15) is 5.26 Å². The van der Waals surface area contributed by atoms with Gasteiger partial charge >= 0.3 is 5.97 Å². The molecular weight excluding hydrogens is 174 g/mol. The molecule has 0 fully saturated rings. The lowest BCUT2D eigenvalue weighted by molar-refractivity contribution is -0.138. The summed E-state index contributed by atoms with van der Waals surface area (Å²) in [4.78, 5) is 11.1. The lowest BCUT2D eigenvalue weighted by atomic mass is 10.3. The molecule has 0 saturated heterocycles. The van der Waals surface area contributed by atoms with Gasteiger partial charge in [-0.15, -0.1) is 5.11 Å². The zero-order chi connectivity index (χ0) is 9.68. The van der Waals surface area contributed by atoms with Crippen LogP contribution >= 0.6 is 0 Å². The van der Waals surface area contributed by atoms with Gasteiger partial charge in [-0.3, -0.25) is 5.43 Å². The van der Waals surface area contributed by atoms with Crippen LogP contribution in [0.1, 0.15) is 6.92 Å². The Bertz CT molecular complexity index is 313. The van der Waals surface area contributed by atoms with Crippen molar-refractivity contribution in [3.05, 3.63) is 11.4 Å². The fourth-order valence-electron chi connectivity index (χ4n) is 0.689. The Morgan fingerprint density at radius 1 is 1.77 bits per heavy atom. The van der Waals surface area contributed by atoms with Crippen LogP contribution in [0.4, 0.5) is 0 Å². The summed E-state index contributed by atoms with van der Waals surface area (Å²) in [7, 11) is 0. The van der Waals surface area contributed by atoms with Crippen LogP contribution in [0.5, 0.6) is 0 Å². The molecule has 0 radical (unpaired) electrons. The fraction of sp³-hybridized carbons (Fsp3) is 0.333. The predicted octanol–water partition coefficient (Wildman–Crippen LogP) is -0.240. The van der Waals surface area contributed by atoms with Gasteiger partial charge in [0.2, 0.25) is 0 Å². The van der Waals surface area contributed by atoms with Gasteiger partial charge in [0, 0.05) is 0 Å². The van der Waals surface area contributed by atoms with E-state index in [-0.39, 0.29) is 18.0 Å². The molecule has 0 atom stereocenters. The average molecular weight is 181 g/mol. The molecule has 0 bridgehead atoms. The summed E-state index contributed by atoms with van der Waals surface area (Å²) < 4.78 is 4.62. The highest BCUT2D eigenvalue weighted by Crippen LogP contribution is 2.06. The number of esters is 1. The molecule has 1 rings (SSSR count). The third-order valence-electron chi connectivity index (χ3n) is 1.20. The highest BCUT2D eigenvalue weighted by atomic mass is 16.5. The Hall–Kier alpha value is -2.10. The van der Waals surface area contributed by atoms with Crippen LogP contribution < -0.4 is 11.0 Å². The lowest BCUT2D eigenvalue weighted by Crippen LogP contribution is -2.22. The third kappa shape index (κ3) is 1.93. The van der Waals surface area contributed by atoms with Gasteiger partial charge in [-0.05, 0) is 6.92 Å². The summed E-state index contributed by atoms with van der Waals surface area (Å²) in [6, 6.07) is 1.68. The largest absolute Gasteiger partial charge is 0.462 e. The summed E-state index contributed by atoms with van der Waals surface area (Å²) in [5.41, 5.74) is 4.50. The highest BCUT2D eigenvalue weighted by molar-refractivity contribution is 5.93. The number of nitriles is 1. The number of hydrazine groups is 1. The van der Waals surface area contributed by atoms with E-state index in [2.05, 4.69) is 26.0 Å². The number of carbonyl (C=O) groups excluding carboxylic acids is 1. The number of hydrogen-bond donors (Lipinski definition) is 2. The standard InChI is InChI=1S/C6H7N5O2/c1-2-13-6(12)4(3-7)5-8-10-11-9-5/h2H2,1H3,(H,8,11)(H,9,10).